The Balaban J connectivity index is 1.97. The highest BCUT2D eigenvalue weighted by Gasteiger charge is 2.09. The number of hydrogen-bond donors (Lipinski definition) is 2. The SMILES string of the molecule is Cn1c(O)c(C=NCCN2CCCCCC2)c(=O)[nH]c1=S. The number of aromatic hydroxyl groups is 1. The first-order valence-electron chi connectivity index (χ1n) is 7.34. The molecular formula is C14H22N4O2S. The predicted molar refractivity (Wildman–Crippen MR) is 85.9 cm³/mol. The lowest BCUT2D eigenvalue weighted by atomic mass is 10.2. The zero-order chi connectivity index (χ0) is 15.2. The summed E-state index contributed by atoms with van der Waals surface area (Å²) in [5, 5.41) is 9.92. The maximum atomic E-state index is 11.8. The van der Waals surface area contributed by atoms with Gasteiger partial charge < -0.3 is 10.0 Å². The third-order valence-corrected chi connectivity index (χ3v) is 4.17. The summed E-state index contributed by atoms with van der Waals surface area (Å²) in [7, 11) is 1.60. The summed E-state index contributed by atoms with van der Waals surface area (Å²) in [6.45, 7) is 3.76. The van der Waals surface area contributed by atoms with Crippen molar-refractivity contribution < 1.29 is 5.11 Å². The van der Waals surface area contributed by atoms with E-state index in [9.17, 15) is 9.90 Å². The molecule has 1 aromatic rings. The Labute approximate surface area is 129 Å². The Morgan fingerprint density at radius 3 is 2.67 bits per heavy atom. The standard InChI is InChI=1S/C14H22N4O2S/c1-17-13(20)11(12(19)16-14(17)21)10-15-6-9-18-7-4-2-3-5-8-18/h10,20H,2-9H2,1H3,(H,16,19,21). The van der Waals surface area contributed by atoms with Gasteiger partial charge in [-0.05, 0) is 38.1 Å². The first kappa shape index (κ1) is 15.9. The molecule has 2 rings (SSSR count). The molecule has 0 atom stereocenters. The number of aliphatic imine (C=N–C) groups is 1. The van der Waals surface area contributed by atoms with Crippen LogP contribution in [-0.2, 0) is 7.05 Å². The summed E-state index contributed by atoms with van der Waals surface area (Å²) >= 11 is 4.92. The topological polar surface area (TPSA) is 73.6 Å². The summed E-state index contributed by atoms with van der Waals surface area (Å²) in [5.41, 5.74) is -0.254. The maximum absolute atomic E-state index is 11.8. The molecule has 1 aromatic heterocycles. The van der Waals surface area contributed by atoms with Crippen molar-refractivity contribution in [1.82, 2.24) is 14.5 Å². The van der Waals surface area contributed by atoms with Gasteiger partial charge in [0.25, 0.3) is 5.56 Å². The van der Waals surface area contributed by atoms with Gasteiger partial charge in [0.15, 0.2) is 4.77 Å². The van der Waals surface area contributed by atoms with Gasteiger partial charge in [-0.2, -0.15) is 0 Å². The number of likely N-dealkylation sites (tertiary alicyclic amines) is 1. The molecule has 2 heterocycles. The summed E-state index contributed by atoms with van der Waals surface area (Å²) in [6, 6.07) is 0. The molecule has 2 N–H and O–H groups in total. The molecule has 6 nitrogen and oxygen atoms in total. The van der Waals surface area contributed by atoms with Gasteiger partial charge in [-0.3, -0.25) is 19.3 Å². The number of nitrogens with zero attached hydrogens (tertiary/aromatic N) is 3. The van der Waals surface area contributed by atoms with E-state index >= 15 is 0 Å². The van der Waals surface area contributed by atoms with E-state index in [4.69, 9.17) is 12.2 Å². The van der Waals surface area contributed by atoms with E-state index in [-0.39, 0.29) is 16.2 Å². The minimum absolute atomic E-state index is 0.151. The maximum Gasteiger partial charge on any atom is 0.264 e. The molecule has 1 saturated heterocycles. The van der Waals surface area contributed by atoms with Gasteiger partial charge in [0.05, 0.1) is 6.54 Å². The first-order valence-corrected chi connectivity index (χ1v) is 7.75. The molecule has 0 bridgehead atoms. The van der Waals surface area contributed by atoms with Gasteiger partial charge in [-0.1, -0.05) is 12.8 Å². The smallest absolute Gasteiger partial charge is 0.264 e. The van der Waals surface area contributed by atoms with Crippen molar-refractivity contribution in [1.29, 1.82) is 0 Å². The Bertz CT molecular complexity index is 612. The zero-order valence-electron chi connectivity index (χ0n) is 12.3. The first-order chi connectivity index (χ1) is 10.1. The highest BCUT2D eigenvalue weighted by molar-refractivity contribution is 7.71. The van der Waals surface area contributed by atoms with E-state index in [1.165, 1.54) is 36.5 Å². The Hall–Kier alpha value is -1.47. The predicted octanol–water partition coefficient (Wildman–Crippen LogP) is 1.44. The second kappa shape index (κ2) is 7.51. The molecule has 0 saturated carbocycles. The van der Waals surface area contributed by atoms with Crippen LogP contribution in [0.3, 0.4) is 0 Å². The Morgan fingerprint density at radius 2 is 2.00 bits per heavy atom. The number of H-pyrrole nitrogens is 1. The van der Waals surface area contributed by atoms with E-state index in [0.717, 1.165) is 19.6 Å². The molecule has 1 aliphatic rings. The summed E-state index contributed by atoms with van der Waals surface area (Å²) in [4.78, 5) is 20.9. The van der Waals surface area contributed by atoms with Gasteiger partial charge in [0, 0.05) is 19.8 Å². The van der Waals surface area contributed by atoms with Gasteiger partial charge in [0.1, 0.15) is 5.56 Å². The van der Waals surface area contributed by atoms with Crippen LogP contribution in [0.15, 0.2) is 9.79 Å². The molecule has 1 fully saturated rings. The fourth-order valence-corrected chi connectivity index (χ4v) is 2.64. The van der Waals surface area contributed by atoms with E-state index in [2.05, 4.69) is 14.9 Å². The van der Waals surface area contributed by atoms with Crippen LogP contribution in [-0.4, -0.2) is 52.0 Å². The third kappa shape index (κ3) is 4.25. The molecule has 0 aromatic carbocycles. The van der Waals surface area contributed by atoms with Gasteiger partial charge >= 0.3 is 0 Å². The second-order valence-electron chi connectivity index (χ2n) is 5.35. The van der Waals surface area contributed by atoms with Crippen molar-refractivity contribution in [2.24, 2.45) is 12.0 Å². The number of hydrogen-bond acceptors (Lipinski definition) is 5. The van der Waals surface area contributed by atoms with Crippen LogP contribution >= 0.6 is 12.2 Å². The lowest BCUT2D eigenvalue weighted by Gasteiger charge is -2.17. The highest BCUT2D eigenvalue weighted by Crippen LogP contribution is 2.10. The minimum Gasteiger partial charge on any atom is -0.494 e. The average molecular weight is 310 g/mol. The lowest BCUT2D eigenvalue weighted by molar-refractivity contribution is 0.293. The fraction of sp³-hybridized carbons (Fsp3) is 0.643. The van der Waals surface area contributed by atoms with Crippen molar-refractivity contribution in [3.05, 3.63) is 20.7 Å². The molecular weight excluding hydrogens is 288 g/mol. The van der Waals surface area contributed by atoms with Crippen molar-refractivity contribution in [2.75, 3.05) is 26.2 Å². The Kier molecular flexibility index (Phi) is 5.69. The summed E-state index contributed by atoms with van der Waals surface area (Å²) in [6.07, 6.45) is 6.56. The molecule has 116 valence electrons. The van der Waals surface area contributed by atoms with E-state index in [1.807, 2.05) is 0 Å². The van der Waals surface area contributed by atoms with Gasteiger partial charge in [-0.25, -0.2) is 0 Å². The molecule has 0 radical (unpaired) electrons. The summed E-state index contributed by atoms with van der Waals surface area (Å²) < 4.78 is 1.55. The van der Waals surface area contributed by atoms with Crippen LogP contribution < -0.4 is 5.56 Å². The largest absolute Gasteiger partial charge is 0.494 e. The number of rotatable bonds is 4. The lowest BCUT2D eigenvalue weighted by Crippen LogP contribution is -2.27. The molecule has 0 spiro atoms. The summed E-state index contributed by atoms with van der Waals surface area (Å²) in [5.74, 6) is -0.151. The average Bonchev–Trinajstić information content (AvgIpc) is 2.73. The van der Waals surface area contributed by atoms with Crippen LogP contribution in [0, 0.1) is 4.77 Å². The highest BCUT2D eigenvalue weighted by atomic mass is 32.1. The number of aromatic amines is 1. The molecule has 0 aliphatic carbocycles. The molecule has 1 aliphatic heterocycles. The van der Waals surface area contributed by atoms with Crippen molar-refractivity contribution in [2.45, 2.75) is 25.7 Å². The van der Waals surface area contributed by atoms with Crippen molar-refractivity contribution >= 4 is 18.4 Å². The second-order valence-corrected chi connectivity index (χ2v) is 5.73. The minimum atomic E-state index is -0.408. The Morgan fingerprint density at radius 1 is 1.33 bits per heavy atom. The number of nitrogens with one attached hydrogen (secondary N) is 1. The molecule has 0 unspecified atom stereocenters. The fourth-order valence-electron chi connectivity index (χ4n) is 2.46. The molecule has 21 heavy (non-hydrogen) atoms. The zero-order valence-corrected chi connectivity index (χ0v) is 13.2. The normalized spacial score (nSPS) is 17.2. The van der Waals surface area contributed by atoms with E-state index < -0.39 is 5.56 Å². The van der Waals surface area contributed by atoms with Crippen LogP contribution in [0.2, 0.25) is 0 Å². The third-order valence-electron chi connectivity index (χ3n) is 3.79. The van der Waals surface area contributed by atoms with E-state index in [1.54, 1.807) is 7.05 Å². The quantitative estimate of drug-likeness (QED) is 0.652. The van der Waals surface area contributed by atoms with Crippen LogP contribution in [0.1, 0.15) is 31.2 Å². The van der Waals surface area contributed by atoms with Crippen molar-refractivity contribution in [3.8, 4) is 5.88 Å². The van der Waals surface area contributed by atoms with Gasteiger partial charge in [-0.15, -0.1) is 0 Å². The van der Waals surface area contributed by atoms with Crippen LogP contribution in [0.25, 0.3) is 0 Å². The molecule has 7 heteroatoms. The van der Waals surface area contributed by atoms with Crippen LogP contribution in [0.5, 0.6) is 5.88 Å². The van der Waals surface area contributed by atoms with Crippen LogP contribution in [0.4, 0.5) is 0 Å². The van der Waals surface area contributed by atoms with E-state index in [0.29, 0.717) is 6.54 Å². The molecule has 0 amide bonds. The number of aromatic nitrogens is 2. The van der Waals surface area contributed by atoms with Gasteiger partial charge in [0.2, 0.25) is 5.88 Å². The van der Waals surface area contributed by atoms with Crippen molar-refractivity contribution in [3.63, 3.8) is 0 Å². The monoisotopic (exact) mass is 310 g/mol.